The molecule has 0 amide bonds. The predicted molar refractivity (Wildman–Crippen MR) is 73.7 cm³/mol. The molecule has 17 heavy (non-hydrogen) atoms. The van der Waals surface area contributed by atoms with E-state index in [1.165, 1.54) is 0 Å². The number of aliphatic imine (C=N–C) groups is 2. The Bertz CT molecular complexity index is 423. The third-order valence-corrected chi connectivity index (χ3v) is 2.37. The Balaban J connectivity index is 2.68. The number of benzene rings is 1. The fourth-order valence-electron chi connectivity index (χ4n) is 0.978. The van der Waals surface area contributed by atoms with E-state index in [1.807, 2.05) is 30.3 Å². The summed E-state index contributed by atoms with van der Waals surface area (Å²) < 4.78 is -1.77. The maximum atomic E-state index is 5.53. The number of rotatable bonds is 2. The van der Waals surface area contributed by atoms with Gasteiger partial charge in [-0.05, 0) is 5.56 Å². The minimum atomic E-state index is -1.77. The number of amidine groups is 1. The number of halogens is 3. The Kier molecular flexibility index (Phi) is 5.05. The van der Waals surface area contributed by atoms with Crippen LogP contribution in [0.15, 0.2) is 40.3 Å². The molecule has 1 aromatic carbocycles. The number of nitrogens with two attached hydrogens (primary N) is 2. The molecule has 0 radical (unpaired) electrons. The van der Waals surface area contributed by atoms with Gasteiger partial charge in [0.1, 0.15) is 0 Å². The normalized spacial score (nSPS) is 13.8. The fraction of sp³-hybridized carbons (Fsp3) is 0.200. The Morgan fingerprint density at radius 1 is 1.12 bits per heavy atom. The molecule has 0 saturated heterocycles. The van der Waals surface area contributed by atoms with Gasteiger partial charge in [-0.2, -0.15) is 4.99 Å². The molecule has 7 heteroatoms. The summed E-state index contributed by atoms with van der Waals surface area (Å²) in [6.45, 7) is 0.392. The lowest BCUT2D eigenvalue weighted by molar-refractivity contribution is 1.05. The van der Waals surface area contributed by atoms with Gasteiger partial charge in [-0.25, -0.2) is 4.99 Å². The maximum absolute atomic E-state index is 5.53. The van der Waals surface area contributed by atoms with Gasteiger partial charge in [-0.3, -0.25) is 0 Å². The molecule has 0 heterocycles. The third-order valence-electron chi connectivity index (χ3n) is 1.79. The number of hydrogen-bond donors (Lipinski definition) is 2. The van der Waals surface area contributed by atoms with Crippen molar-refractivity contribution in [3.05, 3.63) is 35.9 Å². The van der Waals surface area contributed by atoms with Crippen molar-refractivity contribution in [1.82, 2.24) is 0 Å². The molecule has 0 spiro atoms. The van der Waals surface area contributed by atoms with Gasteiger partial charge < -0.3 is 11.5 Å². The summed E-state index contributed by atoms with van der Waals surface area (Å²) in [7, 11) is 0. The van der Waals surface area contributed by atoms with Crippen molar-refractivity contribution in [2.75, 3.05) is 0 Å². The fourth-order valence-corrected chi connectivity index (χ4v) is 1.10. The van der Waals surface area contributed by atoms with E-state index < -0.39 is 3.79 Å². The first-order valence-electron chi connectivity index (χ1n) is 4.65. The van der Waals surface area contributed by atoms with Crippen molar-refractivity contribution >= 4 is 46.6 Å². The third kappa shape index (κ3) is 5.26. The largest absolute Gasteiger partial charge is 0.383 e. The zero-order chi connectivity index (χ0) is 12.9. The molecule has 1 rings (SSSR count). The van der Waals surface area contributed by atoms with E-state index in [9.17, 15) is 0 Å². The van der Waals surface area contributed by atoms with Crippen molar-refractivity contribution in [1.29, 1.82) is 0 Å². The van der Waals surface area contributed by atoms with E-state index in [1.54, 1.807) is 0 Å². The van der Waals surface area contributed by atoms with Crippen LogP contribution in [-0.4, -0.2) is 15.6 Å². The van der Waals surface area contributed by atoms with Gasteiger partial charge in [0.25, 0.3) is 0 Å². The average molecular weight is 294 g/mol. The van der Waals surface area contributed by atoms with E-state index in [2.05, 4.69) is 9.98 Å². The molecule has 0 aliphatic carbocycles. The van der Waals surface area contributed by atoms with Crippen LogP contribution in [0.3, 0.4) is 0 Å². The summed E-state index contributed by atoms with van der Waals surface area (Å²) in [5.74, 6) is -0.241. The summed E-state index contributed by atoms with van der Waals surface area (Å²) in [6, 6.07) is 9.55. The lowest BCUT2D eigenvalue weighted by Crippen LogP contribution is -2.30. The topological polar surface area (TPSA) is 76.8 Å². The molecule has 0 atom stereocenters. The highest BCUT2D eigenvalue weighted by Gasteiger charge is 2.25. The molecule has 4 N–H and O–H groups in total. The first kappa shape index (κ1) is 14.1. The van der Waals surface area contributed by atoms with Gasteiger partial charge in [0.2, 0.25) is 9.75 Å². The van der Waals surface area contributed by atoms with E-state index in [-0.39, 0.29) is 11.8 Å². The predicted octanol–water partition coefficient (Wildman–Crippen LogP) is 2.23. The smallest absolute Gasteiger partial charge is 0.247 e. The second-order valence-electron chi connectivity index (χ2n) is 3.15. The van der Waals surface area contributed by atoms with Crippen molar-refractivity contribution in [3.8, 4) is 0 Å². The summed E-state index contributed by atoms with van der Waals surface area (Å²) in [5.41, 5.74) is 11.9. The molecule has 92 valence electrons. The average Bonchev–Trinajstić information content (AvgIpc) is 2.26. The van der Waals surface area contributed by atoms with Gasteiger partial charge in [0.05, 0.1) is 6.54 Å². The molecule has 0 aliphatic heterocycles. The van der Waals surface area contributed by atoms with E-state index >= 15 is 0 Å². The highest BCUT2D eigenvalue weighted by Crippen LogP contribution is 2.25. The molecule has 0 unspecified atom stereocenters. The number of hydrogen-bond acceptors (Lipinski definition) is 1. The standard InChI is InChI=1S/C10H11Cl3N4/c11-10(12,13)8(14)17-9(15)16-6-7-4-2-1-3-5-7/h1-5H,6H2,(H4,14,15,16,17). The van der Waals surface area contributed by atoms with Gasteiger partial charge in [0, 0.05) is 0 Å². The quantitative estimate of drug-likeness (QED) is 0.498. The highest BCUT2D eigenvalue weighted by molar-refractivity contribution is 6.76. The van der Waals surface area contributed by atoms with Gasteiger partial charge >= 0.3 is 0 Å². The summed E-state index contributed by atoms with van der Waals surface area (Å²) in [4.78, 5) is 7.69. The molecular formula is C10H11Cl3N4. The zero-order valence-corrected chi connectivity index (χ0v) is 11.0. The molecule has 0 aromatic heterocycles. The van der Waals surface area contributed by atoms with Crippen LogP contribution in [0.5, 0.6) is 0 Å². The van der Waals surface area contributed by atoms with Crippen LogP contribution < -0.4 is 11.5 Å². The van der Waals surface area contributed by atoms with Crippen LogP contribution in [0.25, 0.3) is 0 Å². The van der Waals surface area contributed by atoms with Crippen LogP contribution in [0.2, 0.25) is 0 Å². The molecule has 4 nitrogen and oxygen atoms in total. The highest BCUT2D eigenvalue weighted by atomic mass is 35.6. The number of nitrogens with zero attached hydrogens (tertiary/aromatic N) is 2. The van der Waals surface area contributed by atoms with Crippen molar-refractivity contribution in [2.45, 2.75) is 10.3 Å². The summed E-state index contributed by atoms with van der Waals surface area (Å²) >= 11 is 16.5. The first-order chi connectivity index (χ1) is 7.89. The molecule has 0 aliphatic rings. The Hall–Kier alpha value is -0.970. The minimum absolute atomic E-state index is 0.0299. The van der Waals surface area contributed by atoms with Crippen LogP contribution in [0.4, 0.5) is 0 Å². The van der Waals surface area contributed by atoms with E-state index in [0.717, 1.165) is 5.56 Å². The summed E-state index contributed by atoms with van der Waals surface area (Å²) in [5, 5.41) is 0. The van der Waals surface area contributed by atoms with Crippen molar-refractivity contribution < 1.29 is 0 Å². The summed E-state index contributed by atoms with van der Waals surface area (Å²) in [6.07, 6.45) is 0. The number of guanidine groups is 1. The van der Waals surface area contributed by atoms with E-state index in [4.69, 9.17) is 46.3 Å². The maximum Gasteiger partial charge on any atom is 0.247 e. The van der Waals surface area contributed by atoms with Crippen LogP contribution in [-0.2, 0) is 6.54 Å². The zero-order valence-electron chi connectivity index (χ0n) is 8.78. The van der Waals surface area contributed by atoms with Crippen molar-refractivity contribution in [2.24, 2.45) is 21.5 Å². The lowest BCUT2D eigenvalue weighted by atomic mass is 10.2. The minimum Gasteiger partial charge on any atom is -0.383 e. The molecule has 0 saturated carbocycles. The molecule has 0 fully saturated rings. The molecule has 0 bridgehead atoms. The van der Waals surface area contributed by atoms with Crippen molar-refractivity contribution in [3.63, 3.8) is 0 Å². The van der Waals surface area contributed by atoms with Crippen LogP contribution in [0.1, 0.15) is 5.56 Å². The van der Waals surface area contributed by atoms with Crippen LogP contribution >= 0.6 is 34.8 Å². The van der Waals surface area contributed by atoms with Crippen LogP contribution in [0, 0.1) is 0 Å². The second-order valence-corrected chi connectivity index (χ2v) is 5.44. The van der Waals surface area contributed by atoms with E-state index in [0.29, 0.717) is 6.54 Å². The Morgan fingerprint density at radius 3 is 2.24 bits per heavy atom. The van der Waals surface area contributed by atoms with Gasteiger partial charge in [-0.1, -0.05) is 65.1 Å². The second kappa shape index (κ2) is 6.10. The van der Waals surface area contributed by atoms with Gasteiger partial charge in [-0.15, -0.1) is 0 Å². The molecule has 1 aromatic rings. The Labute approximate surface area is 114 Å². The molecular weight excluding hydrogens is 282 g/mol. The van der Waals surface area contributed by atoms with Gasteiger partial charge in [0.15, 0.2) is 5.84 Å². The Morgan fingerprint density at radius 2 is 1.71 bits per heavy atom. The SMILES string of the molecule is NC(=NCc1ccccc1)/N=C(\N)C(Cl)(Cl)Cl. The number of alkyl halides is 3. The monoisotopic (exact) mass is 292 g/mol. The first-order valence-corrected chi connectivity index (χ1v) is 5.78. The lowest BCUT2D eigenvalue weighted by Gasteiger charge is -2.08.